The van der Waals surface area contributed by atoms with E-state index in [1.165, 1.54) is 11.3 Å². The highest BCUT2D eigenvalue weighted by atomic mass is 32.1. The summed E-state index contributed by atoms with van der Waals surface area (Å²) < 4.78 is 0. The topological polar surface area (TPSA) is 59.2 Å². The van der Waals surface area contributed by atoms with Gasteiger partial charge < -0.3 is 10.6 Å². The lowest BCUT2D eigenvalue weighted by atomic mass is 10.1. The number of anilines is 1. The molecule has 1 aromatic rings. The lowest BCUT2D eigenvalue weighted by Crippen LogP contribution is -2.34. The van der Waals surface area contributed by atoms with Crippen LogP contribution in [-0.2, 0) is 17.8 Å². The minimum atomic E-state index is 0.211. The largest absolute Gasteiger partial charge is 0.375 e. The number of nitrogens with two attached hydrogens (primary N) is 1. The molecule has 1 aliphatic heterocycles. The maximum Gasteiger partial charge on any atom is 0.222 e. The van der Waals surface area contributed by atoms with Crippen LogP contribution in [0.4, 0.5) is 5.13 Å². The van der Waals surface area contributed by atoms with Gasteiger partial charge in [0.05, 0.1) is 12.2 Å². The van der Waals surface area contributed by atoms with Crippen LogP contribution < -0.4 is 5.73 Å². The van der Waals surface area contributed by atoms with Crippen LogP contribution in [0.25, 0.3) is 0 Å². The van der Waals surface area contributed by atoms with Gasteiger partial charge in [-0.2, -0.15) is 0 Å². The van der Waals surface area contributed by atoms with Crippen molar-refractivity contribution in [1.82, 2.24) is 9.88 Å². The molecule has 2 rings (SSSR count). The Hall–Kier alpha value is -1.10. The molecule has 2 N–H and O–H groups in total. The van der Waals surface area contributed by atoms with Gasteiger partial charge in [0.25, 0.3) is 0 Å². The van der Waals surface area contributed by atoms with Gasteiger partial charge in [0.2, 0.25) is 5.91 Å². The van der Waals surface area contributed by atoms with Gasteiger partial charge in [-0.15, -0.1) is 11.3 Å². The summed E-state index contributed by atoms with van der Waals surface area (Å²) in [5, 5.41) is 0.612. The van der Waals surface area contributed by atoms with Crippen LogP contribution >= 0.6 is 11.3 Å². The summed E-state index contributed by atoms with van der Waals surface area (Å²) in [6, 6.07) is 0. The van der Waals surface area contributed by atoms with Crippen LogP contribution in [0.15, 0.2) is 0 Å². The molecule has 0 atom stereocenters. The molecule has 1 amide bonds. The van der Waals surface area contributed by atoms with E-state index in [1.807, 2.05) is 11.8 Å². The monoisotopic (exact) mass is 211 g/mol. The number of carbonyl (C=O) groups excluding carboxylic acids is 1. The quantitative estimate of drug-likeness (QED) is 0.754. The van der Waals surface area contributed by atoms with Gasteiger partial charge in [-0.3, -0.25) is 4.79 Å². The molecular formula is C9H13N3OS. The van der Waals surface area contributed by atoms with Gasteiger partial charge in [0.15, 0.2) is 5.13 Å². The number of amides is 1. The fraction of sp³-hybridized carbons (Fsp3) is 0.556. The van der Waals surface area contributed by atoms with Gasteiger partial charge in [0, 0.05) is 24.3 Å². The van der Waals surface area contributed by atoms with Crippen molar-refractivity contribution in [3.63, 3.8) is 0 Å². The first-order valence-corrected chi connectivity index (χ1v) is 5.54. The average Bonchev–Trinajstić information content (AvgIpc) is 2.55. The minimum Gasteiger partial charge on any atom is -0.375 e. The van der Waals surface area contributed by atoms with Crippen molar-refractivity contribution < 1.29 is 4.79 Å². The summed E-state index contributed by atoms with van der Waals surface area (Å²) in [5.41, 5.74) is 6.69. The molecule has 0 radical (unpaired) electrons. The molecule has 76 valence electrons. The Bertz CT molecular complexity index is 361. The SMILES string of the molecule is CCC(=O)N1CCc2nc(N)sc2C1. The fourth-order valence-corrected chi connectivity index (χ4v) is 2.55. The molecule has 0 spiro atoms. The van der Waals surface area contributed by atoms with Crippen molar-refractivity contribution in [3.8, 4) is 0 Å². The molecule has 2 heterocycles. The van der Waals surface area contributed by atoms with Crippen molar-refractivity contribution in [3.05, 3.63) is 10.6 Å². The summed E-state index contributed by atoms with van der Waals surface area (Å²) in [5.74, 6) is 0.211. The smallest absolute Gasteiger partial charge is 0.222 e. The van der Waals surface area contributed by atoms with Crippen LogP contribution in [0, 0.1) is 0 Å². The van der Waals surface area contributed by atoms with Crippen LogP contribution in [-0.4, -0.2) is 22.3 Å². The summed E-state index contributed by atoms with van der Waals surface area (Å²) in [6.45, 7) is 3.36. The van der Waals surface area contributed by atoms with Gasteiger partial charge in [0.1, 0.15) is 0 Å². The van der Waals surface area contributed by atoms with Gasteiger partial charge >= 0.3 is 0 Å². The Morgan fingerprint density at radius 3 is 3.21 bits per heavy atom. The Morgan fingerprint density at radius 1 is 1.71 bits per heavy atom. The van der Waals surface area contributed by atoms with E-state index < -0.39 is 0 Å². The zero-order chi connectivity index (χ0) is 10.1. The van der Waals surface area contributed by atoms with E-state index >= 15 is 0 Å². The summed E-state index contributed by atoms with van der Waals surface area (Å²) in [7, 11) is 0. The van der Waals surface area contributed by atoms with E-state index in [-0.39, 0.29) is 5.91 Å². The predicted molar refractivity (Wildman–Crippen MR) is 55.9 cm³/mol. The van der Waals surface area contributed by atoms with E-state index in [2.05, 4.69) is 4.98 Å². The van der Waals surface area contributed by atoms with Gasteiger partial charge in [-0.1, -0.05) is 6.92 Å². The van der Waals surface area contributed by atoms with Crippen molar-refractivity contribution in [2.45, 2.75) is 26.3 Å². The van der Waals surface area contributed by atoms with Crippen molar-refractivity contribution in [2.75, 3.05) is 12.3 Å². The van der Waals surface area contributed by atoms with E-state index in [4.69, 9.17) is 5.73 Å². The van der Waals surface area contributed by atoms with E-state index in [0.717, 1.165) is 23.5 Å². The van der Waals surface area contributed by atoms with Crippen molar-refractivity contribution >= 4 is 22.4 Å². The van der Waals surface area contributed by atoms with Crippen LogP contribution in [0.2, 0.25) is 0 Å². The normalized spacial score (nSPS) is 15.4. The maximum atomic E-state index is 11.5. The number of aromatic nitrogens is 1. The molecule has 0 aromatic carbocycles. The molecule has 0 fully saturated rings. The van der Waals surface area contributed by atoms with Crippen LogP contribution in [0.5, 0.6) is 0 Å². The van der Waals surface area contributed by atoms with Crippen LogP contribution in [0.3, 0.4) is 0 Å². The molecule has 4 nitrogen and oxygen atoms in total. The number of fused-ring (bicyclic) bond motifs is 1. The molecule has 0 bridgehead atoms. The van der Waals surface area contributed by atoms with Gasteiger partial charge in [-0.25, -0.2) is 4.98 Å². The highest BCUT2D eigenvalue weighted by Gasteiger charge is 2.22. The molecular weight excluding hydrogens is 198 g/mol. The zero-order valence-electron chi connectivity index (χ0n) is 8.12. The standard InChI is InChI=1S/C9H13N3OS/c1-2-8(13)12-4-3-6-7(5-12)14-9(10)11-6/h2-5H2,1H3,(H2,10,11). The number of rotatable bonds is 1. The third-order valence-electron chi connectivity index (χ3n) is 2.40. The minimum absolute atomic E-state index is 0.211. The Kier molecular flexibility index (Phi) is 2.41. The number of nitrogens with zero attached hydrogens (tertiary/aromatic N) is 2. The second-order valence-corrected chi connectivity index (χ2v) is 4.46. The Balaban J connectivity index is 2.16. The van der Waals surface area contributed by atoms with Crippen molar-refractivity contribution in [1.29, 1.82) is 0 Å². The van der Waals surface area contributed by atoms with E-state index in [9.17, 15) is 4.79 Å². The lowest BCUT2D eigenvalue weighted by molar-refractivity contribution is -0.131. The first-order chi connectivity index (χ1) is 6.70. The molecule has 14 heavy (non-hydrogen) atoms. The Morgan fingerprint density at radius 2 is 2.50 bits per heavy atom. The number of hydrogen-bond donors (Lipinski definition) is 1. The summed E-state index contributed by atoms with van der Waals surface area (Å²) in [6.07, 6.45) is 1.42. The van der Waals surface area contributed by atoms with E-state index in [0.29, 0.717) is 18.1 Å². The summed E-state index contributed by atoms with van der Waals surface area (Å²) in [4.78, 5) is 18.7. The number of carbonyl (C=O) groups is 1. The third kappa shape index (κ3) is 1.59. The second-order valence-electron chi connectivity index (χ2n) is 3.34. The third-order valence-corrected chi connectivity index (χ3v) is 3.31. The fourth-order valence-electron chi connectivity index (χ4n) is 1.65. The molecule has 0 unspecified atom stereocenters. The Labute approximate surface area is 86.7 Å². The molecule has 1 aliphatic rings. The highest BCUT2D eigenvalue weighted by Crippen LogP contribution is 2.26. The molecule has 5 heteroatoms. The number of hydrogen-bond acceptors (Lipinski definition) is 4. The maximum absolute atomic E-state index is 11.5. The summed E-state index contributed by atoms with van der Waals surface area (Å²) >= 11 is 1.49. The molecule has 0 aliphatic carbocycles. The number of thiazole rings is 1. The van der Waals surface area contributed by atoms with Crippen molar-refractivity contribution in [2.24, 2.45) is 0 Å². The average molecular weight is 211 g/mol. The van der Waals surface area contributed by atoms with Gasteiger partial charge in [-0.05, 0) is 0 Å². The zero-order valence-corrected chi connectivity index (χ0v) is 8.93. The molecule has 1 aromatic heterocycles. The highest BCUT2D eigenvalue weighted by molar-refractivity contribution is 7.15. The lowest BCUT2D eigenvalue weighted by Gasteiger charge is -2.25. The predicted octanol–water partition coefficient (Wildman–Crippen LogP) is 1.02. The second kappa shape index (κ2) is 3.57. The first-order valence-electron chi connectivity index (χ1n) is 4.72. The number of nitrogen functional groups attached to an aromatic ring is 1. The molecule has 0 saturated heterocycles. The first kappa shape index (κ1) is 9.45. The van der Waals surface area contributed by atoms with E-state index in [1.54, 1.807) is 0 Å². The van der Waals surface area contributed by atoms with Crippen LogP contribution in [0.1, 0.15) is 23.9 Å². The molecule has 0 saturated carbocycles.